The molecular formula is C20H20N6O2. The second-order valence-corrected chi connectivity index (χ2v) is 6.44. The predicted octanol–water partition coefficient (Wildman–Crippen LogP) is 2.33. The van der Waals surface area contributed by atoms with Crippen LogP contribution in [-0.4, -0.2) is 56.9 Å². The van der Waals surface area contributed by atoms with Crippen molar-refractivity contribution in [1.82, 2.24) is 24.8 Å². The van der Waals surface area contributed by atoms with E-state index in [2.05, 4.69) is 24.8 Å². The maximum atomic E-state index is 12.8. The summed E-state index contributed by atoms with van der Waals surface area (Å²) >= 11 is 0. The van der Waals surface area contributed by atoms with Gasteiger partial charge in [-0.05, 0) is 43.3 Å². The Kier molecular flexibility index (Phi) is 5.09. The summed E-state index contributed by atoms with van der Waals surface area (Å²) in [6.45, 7) is 4.56. The molecule has 8 nitrogen and oxygen atoms in total. The number of carbonyl (C=O) groups excluding carboxylic acids is 1. The lowest BCUT2D eigenvalue weighted by Crippen LogP contribution is -2.49. The molecule has 2 aromatic heterocycles. The van der Waals surface area contributed by atoms with E-state index < -0.39 is 0 Å². The molecule has 0 spiro atoms. The highest BCUT2D eigenvalue weighted by Gasteiger charge is 2.23. The molecule has 142 valence electrons. The van der Waals surface area contributed by atoms with E-state index in [1.165, 1.54) is 0 Å². The summed E-state index contributed by atoms with van der Waals surface area (Å²) < 4.78 is 5.63. The van der Waals surface area contributed by atoms with Crippen molar-refractivity contribution in [2.75, 3.05) is 31.1 Å². The highest BCUT2D eigenvalue weighted by molar-refractivity contribution is 5.94. The van der Waals surface area contributed by atoms with E-state index in [4.69, 9.17) is 4.74 Å². The van der Waals surface area contributed by atoms with Gasteiger partial charge in [0.2, 0.25) is 5.95 Å². The molecule has 4 rings (SSSR count). The van der Waals surface area contributed by atoms with Crippen LogP contribution in [0.5, 0.6) is 11.8 Å². The van der Waals surface area contributed by atoms with Gasteiger partial charge < -0.3 is 14.5 Å². The minimum Gasteiger partial charge on any atom is -0.424 e. The van der Waals surface area contributed by atoms with Gasteiger partial charge in [0.25, 0.3) is 5.91 Å². The number of hydrogen-bond acceptors (Lipinski definition) is 7. The van der Waals surface area contributed by atoms with Crippen LogP contribution < -0.4 is 9.64 Å². The van der Waals surface area contributed by atoms with Crippen LogP contribution in [0.4, 0.5) is 5.95 Å². The number of benzene rings is 1. The summed E-state index contributed by atoms with van der Waals surface area (Å²) in [5.41, 5.74) is 1.46. The van der Waals surface area contributed by atoms with Crippen molar-refractivity contribution in [3.63, 3.8) is 0 Å². The van der Waals surface area contributed by atoms with E-state index in [9.17, 15) is 4.79 Å². The number of carbonyl (C=O) groups is 1. The maximum absolute atomic E-state index is 12.8. The molecule has 3 heterocycles. The molecular weight excluding hydrogens is 356 g/mol. The molecule has 0 radical (unpaired) electrons. The van der Waals surface area contributed by atoms with E-state index in [0.29, 0.717) is 49.5 Å². The lowest BCUT2D eigenvalue weighted by atomic mass is 10.1. The highest BCUT2D eigenvalue weighted by Crippen LogP contribution is 2.19. The molecule has 0 unspecified atom stereocenters. The first-order valence-electron chi connectivity index (χ1n) is 9.08. The molecule has 1 amide bonds. The average molecular weight is 376 g/mol. The van der Waals surface area contributed by atoms with E-state index in [1.807, 2.05) is 11.8 Å². The Hall–Kier alpha value is -3.55. The molecule has 1 aromatic carbocycles. The Morgan fingerprint density at radius 1 is 0.929 bits per heavy atom. The molecule has 1 aliphatic rings. The molecule has 0 N–H and O–H groups in total. The van der Waals surface area contributed by atoms with Gasteiger partial charge in [-0.3, -0.25) is 4.79 Å². The summed E-state index contributed by atoms with van der Waals surface area (Å²) in [6, 6.07) is 10.9. The van der Waals surface area contributed by atoms with Crippen LogP contribution >= 0.6 is 0 Å². The minimum absolute atomic E-state index is 0.00647. The van der Waals surface area contributed by atoms with E-state index in [1.54, 1.807) is 55.0 Å². The standard InChI is InChI=1S/C20H20N6O2/c1-15-7-10-23-20(24-15)28-17-5-3-16(4-6-17)18(27)25-11-13-26(14-12-25)19-21-8-2-9-22-19/h2-10H,11-14H2,1H3. The second-order valence-electron chi connectivity index (χ2n) is 6.44. The van der Waals surface area contributed by atoms with Crippen molar-refractivity contribution < 1.29 is 9.53 Å². The first kappa shape index (κ1) is 17.8. The summed E-state index contributed by atoms with van der Waals surface area (Å²) in [5.74, 6) is 1.30. The molecule has 8 heteroatoms. The van der Waals surface area contributed by atoms with Crippen LogP contribution in [-0.2, 0) is 0 Å². The zero-order valence-corrected chi connectivity index (χ0v) is 15.5. The van der Waals surface area contributed by atoms with Gasteiger partial charge in [0.15, 0.2) is 0 Å². The molecule has 1 aliphatic heterocycles. The Morgan fingerprint density at radius 2 is 1.64 bits per heavy atom. The Balaban J connectivity index is 1.36. The van der Waals surface area contributed by atoms with Gasteiger partial charge in [-0.15, -0.1) is 0 Å². The quantitative estimate of drug-likeness (QED) is 0.691. The maximum Gasteiger partial charge on any atom is 0.322 e. The third-order valence-corrected chi connectivity index (χ3v) is 4.48. The first-order valence-corrected chi connectivity index (χ1v) is 9.08. The number of piperazine rings is 1. The van der Waals surface area contributed by atoms with E-state index in [-0.39, 0.29) is 5.91 Å². The van der Waals surface area contributed by atoms with Crippen molar-refractivity contribution >= 4 is 11.9 Å². The first-order chi connectivity index (χ1) is 13.7. The Labute approximate surface area is 162 Å². The van der Waals surface area contributed by atoms with Crippen molar-refractivity contribution in [2.24, 2.45) is 0 Å². The van der Waals surface area contributed by atoms with Crippen LogP contribution in [0.2, 0.25) is 0 Å². The molecule has 0 aliphatic carbocycles. The summed E-state index contributed by atoms with van der Waals surface area (Å²) in [7, 11) is 0. The molecule has 3 aromatic rings. The van der Waals surface area contributed by atoms with Crippen LogP contribution in [0, 0.1) is 6.92 Å². The monoisotopic (exact) mass is 376 g/mol. The smallest absolute Gasteiger partial charge is 0.322 e. The van der Waals surface area contributed by atoms with Gasteiger partial charge in [0.1, 0.15) is 5.75 Å². The number of ether oxygens (including phenoxy) is 1. The number of nitrogens with zero attached hydrogens (tertiary/aromatic N) is 6. The number of amides is 1. The Bertz CT molecular complexity index is 940. The van der Waals surface area contributed by atoms with Crippen molar-refractivity contribution in [3.8, 4) is 11.8 Å². The van der Waals surface area contributed by atoms with E-state index in [0.717, 1.165) is 5.69 Å². The number of rotatable bonds is 4. The van der Waals surface area contributed by atoms with Crippen LogP contribution in [0.25, 0.3) is 0 Å². The van der Waals surface area contributed by atoms with Gasteiger partial charge in [-0.2, -0.15) is 0 Å². The number of aromatic nitrogens is 4. The van der Waals surface area contributed by atoms with Gasteiger partial charge in [-0.1, -0.05) is 0 Å². The van der Waals surface area contributed by atoms with Crippen molar-refractivity contribution in [2.45, 2.75) is 6.92 Å². The lowest BCUT2D eigenvalue weighted by Gasteiger charge is -2.34. The molecule has 1 fully saturated rings. The third-order valence-electron chi connectivity index (χ3n) is 4.48. The zero-order valence-electron chi connectivity index (χ0n) is 15.5. The fraction of sp³-hybridized carbons (Fsp3) is 0.250. The fourth-order valence-electron chi connectivity index (χ4n) is 2.99. The molecule has 0 bridgehead atoms. The zero-order chi connectivity index (χ0) is 19.3. The summed E-state index contributed by atoms with van der Waals surface area (Å²) in [4.78, 5) is 33.5. The molecule has 0 atom stereocenters. The summed E-state index contributed by atoms with van der Waals surface area (Å²) in [5, 5.41) is 0. The van der Waals surface area contributed by atoms with Crippen LogP contribution in [0.15, 0.2) is 55.0 Å². The van der Waals surface area contributed by atoms with Gasteiger partial charge >= 0.3 is 6.01 Å². The number of hydrogen-bond donors (Lipinski definition) is 0. The average Bonchev–Trinajstić information content (AvgIpc) is 2.75. The largest absolute Gasteiger partial charge is 0.424 e. The molecule has 1 saturated heterocycles. The van der Waals surface area contributed by atoms with E-state index >= 15 is 0 Å². The molecule has 28 heavy (non-hydrogen) atoms. The third kappa shape index (κ3) is 4.06. The predicted molar refractivity (Wildman–Crippen MR) is 103 cm³/mol. The SMILES string of the molecule is Cc1ccnc(Oc2ccc(C(=O)N3CCN(c4ncccn4)CC3)cc2)n1. The second kappa shape index (κ2) is 7.99. The van der Waals surface area contributed by atoms with Gasteiger partial charge in [0.05, 0.1) is 0 Å². The highest BCUT2D eigenvalue weighted by atomic mass is 16.5. The summed E-state index contributed by atoms with van der Waals surface area (Å²) in [6.07, 6.45) is 5.10. The van der Waals surface area contributed by atoms with Gasteiger partial charge in [0, 0.05) is 56.0 Å². The van der Waals surface area contributed by atoms with Crippen LogP contribution in [0.3, 0.4) is 0 Å². The number of aryl methyl sites for hydroxylation is 1. The lowest BCUT2D eigenvalue weighted by molar-refractivity contribution is 0.0746. The van der Waals surface area contributed by atoms with Crippen molar-refractivity contribution in [1.29, 1.82) is 0 Å². The molecule has 0 saturated carbocycles. The topological polar surface area (TPSA) is 84.3 Å². The fourth-order valence-corrected chi connectivity index (χ4v) is 2.99. The normalized spacial score (nSPS) is 14.0. The van der Waals surface area contributed by atoms with Crippen molar-refractivity contribution in [3.05, 3.63) is 66.2 Å². The number of anilines is 1. The Morgan fingerprint density at radius 3 is 2.32 bits per heavy atom. The van der Waals surface area contributed by atoms with Crippen LogP contribution in [0.1, 0.15) is 16.1 Å². The minimum atomic E-state index is 0.00647. The van der Waals surface area contributed by atoms with Gasteiger partial charge in [-0.25, -0.2) is 19.9 Å².